The first kappa shape index (κ1) is 12.3. The van der Waals surface area contributed by atoms with Crippen molar-refractivity contribution in [3.63, 3.8) is 0 Å². The van der Waals surface area contributed by atoms with Gasteiger partial charge >= 0.3 is 5.97 Å². The number of pyridine rings is 1. The van der Waals surface area contributed by atoms with E-state index < -0.39 is 12.1 Å². The minimum Gasteiger partial charge on any atom is -0.479 e. The molecule has 0 spiro atoms. The number of ether oxygens (including phenoxy) is 1. The summed E-state index contributed by atoms with van der Waals surface area (Å²) in [6.07, 6.45) is 0.804. The quantitative estimate of drug-likeness (QED) is 0.841. The number of anilines is 1. The Balaban J connectivity index is 2.19. The van der Waals surface area contributed by atoms with Crippen molar-refractivity contribution in [1.82, 2.24) is 4.98 Å². The van der Waals surface area contributed by atoms with Crippen molar-refractivity contribution in [2.75, 3.05) is 19.0 Å². The molecule has 5 heteroatoms. The van der Waals surface area contributed by atoms with Crippen LogP contribution in [0.25, 0.3) is 10.8 Å². The van der Waals surface area contributed by atoms with E-state index in [-0.39, 0.29) is 6.54 Å². The van der Waals surface area contributed by atoms with Crippen LogP contribution in [0.4, 0.5) is 5.82 Å². The maximum Gasteiger partial charge on any atom is 0.334 e. The highest BCUT2D eigenvalue weighted by atomic mass is 16.5. The molecule has 1 unspecified atom stereocenters. The van der Waals surface area contributed by atoms with Crippen LogP contribution in [0, 0.1) is 0 Å². The van der Waals surface area contributed by atoms with Gasteiger partial charge < -0.3 is 15.2 Å². The van der Waals surface area contributed by atoms with Crippen molar-refractivity contribution in [2.24, 2.45) is 0 Å². The van der Waals surface area contributed by atoms with Crippen molar-refractivity contribution in [2.45, 2.75) is 6.10 Å². The van der Waals surface area contributed by atoms with Crippen molar-refractivity contribution in [3.05, 3.63) is 36.5 Å². The molecule has 18 heavy (non-hydrogen) atoms. The molecule has 0 radical (unpaired) electrons. The summed E-state index contributed by atoms with van der Waals surface area (Å²) in [5, 5.41) is 13.9. The summed E-state index contributed by atoms with van der Waals surface area (Å²) in [7, 11) is 1.37. The summed E-state index contributed by atoms with van der Waals surface area (Å²) in [6.45, 7) is 0.173. The number of benzene rings is 1. The van der Waals surface area contributed by atoms with Crippen molar-refractivity contribution >= 4 is 22.6 Å². The molecule has 0 saturated heterocycles. The van der Waals surface area contributed by atoms with Gasteiger partial charge in [-0.25, -0.2) is 9.78 Å². The zero-order valence-corrected chi connectivity index (χ0v) is 9.96. The molecule has 0 amide bonds. The van der Waals surface area contributed by atoms with Crippen molar-refractivity contribution in [1.29, 1.82) is 0 Å². The second-order valence-electron chi connectivity index (χ2n) is 3.82. The molecule has 0 aliphatic heterocycles. The van der Waals surface area contributed by atoms with Crippen LogP contribution >= 0.6 is 0 Å². The van der Waals surface area contributed by atoms with E-state index in [1.807, 2.05) is 30.3 Å². The summed E-state index contributed by atoms with van der Waals surface area (Å²) >= 11 is 0. The molecule has 2 rings (SSSR count). The number of hydrogen-bond donors (Lipinski definition) is 2. The Hall–Kier alpha value is -2.14. The monoisotopic (exact) mass is 246 g/mol. The number of nitrogens with zero attached hydrogens (tertiary/aromatic N) is 1. The predicted molar refractivity (Wildman–Crippen MR) is 68.7 cm³/mol. The Morgan fingerprint density at radius 2 is 2.22 bits per heavy atom. The van der Waals surface area contributed by atoms with Gasteiger partial charge in [-0.15, -0.1) is 0 Å². The van der Waals surface area contributed by atoms with E-state index in [4.69, 9.17) is 9.84 Å². The average molecular weight is 246 g/mol. The summed E-state index contributed by atoms with van der Waals surface area (Å²) in [5.41, 5.74) is 0. The molecule has 0 aliphatic rings. The first-order valence-corrected chi connectivity index (χ1v) is 5.55. The first-order valence-electron chi connectivity index (χ1n) is 5.55. The van der Waals surface area contributed by atoms with Gasteiger partial charge in [0.1, 0.15) is 5.82 Å². The fraction of sp³-hybridized carbons (Fsp3) is 0.231. The van der Waals surface area contributed by atoms with Gasteiger partial charge in [0, 0.05) is 18.7 Å². The van der Waals surface area contributed by atoms with Crippen LogP contribution in [0.1, 0.15) is 0 Å². The van der Waals surface area contributed by atoms with Gasteiger partial charge in [0.2, 0.25) is 0 Å². The third-order valence-corrected chi connectivity index (χ3v) is 2.69. The maximum absolute atomic E-state index is 10.8. The molecule has 5 nitrogen and oxygen atoms in total. The Bertz CT molecular complexity index is 551. The molecule has 2 aromatic rings. The molecule has 0 aliphatic carbocycles. The van der Waals surface area contributed by atoms with Crippen LogP contribution in [-0.2, 0) is 9.53 Å². The maximum atomic E-state index is 10.8. The van der Waals surface area contributed by atoms with E-state index in [0.717, 1.165) is 10.8 Å². The molecule has 0 bridgehead atoms. The zero-order valence-electron chi connectivity index (χ0n) is 9.96. The highest BCUT2D eigenvalue weighted by Gasteiger charge is 2.16. The molecule has 1 heterocycles. The normalized spacial score (nSPS) is 12.3. The molecular formula is C13H14N2O3. The van der Waals surface area contributed by atoms with Crippen LogP contribution in [-0.4, -0.2) is 35.8 Å². The standard InChI is InChI=1S/C13H14N2O3/c1-18-11(13(16)17)8-15-12-10-5-3-2-4-9(10)6-7-14-12/h2-7,11H,8H2,1H3,(H,14,15)(H,16,17). The number of methoxy groups -OCH3 is 1. The van der Waals surface area contributed by atoms with Crippen LogP contribution in [0.3, 0.4) is 0 Å². The Kier molecular flexibility index (Phi) is 3.74. The van der Waals surface area contributed by atoms with E-state index in [9.17, 15) is 4.79 Å². The minimum atomic E-state index is -0.995. The smallest absolute Gasteiger partial charge is 0.334 e. The Morgan fingerprint density at radius 1 is 1.44 bits per heavy atom. The molecule has 0 saturated carbocycles. The van der Waals surface area contributed by atoms with Crippen molar-refractivity contribution in [3.8, 4) is 0 Å². The number of rotatable bonds is 5. The van der Waals surface area contributed by atoms with E-state index >= 15 is 0 Å². The zero-order chi connectivity index (χ0) is 13.0. The lowest BCUT2D eigenvalue weighted by molar-refractivity contribution is -0.147. The molecule has 1 aromatic heterocycles. The SMILES string of the molecule is COC(CNc1nccc2ccccc12)C(=O)O. The Labute approximate surface area is 104 Å². The lowest BCUT2D eigenvalue weighted by Gasteiger charge is -2.13. The van der Waals surface area contributed by atoms with Crippen LogP contribution < -0.4 is 5.32 Å². The van der Waals surface area contributed by atoms with E-state index in [1.165, 1.54) is 7.11 Å². The van der Waals surface area contributed by atoms with Crippen molar-refractivity contribution < 1.29 is 14.6 Å². The average Bonchev–Trinajstić information content (AvgIpc) is 2.39. The second kappa shape index (κ2) is 5.46. The summed E-state index contributed by atoms with van der Waals surface area (Å²) in [6, 6.07) is 9.69. The van der Waals surface area contributed by atoms with Gasteiger partial charge in [-0.2, -0.15) is 0 Å². The predicted octanol–water partition coefficient (Wildman–Crippen LogP) is 1.75. The lowest BCUT2D eigenvalue weighted by Crippen LogP contribution is -2.30. The number of aliphatic carboxylic acids is 1. The van der Waals surface area contributed by atoms with Gasteiger partial charge in [-0.1, -0.05) is 24.3 Å². The number of hydrogen-bond acceptors (Lipinski definition) is 4. The largest absolute Gasteiger partial charge is 0.479 e. The third-order valence-electron chi connectivity index (χ3n) is 2.69. The van der Waals surface area contributed by atoms with Gasteiger partial charge in [0.25, 0.3) is 0 Å². The molecule has 0 fully saturated rings. The molecule has 1 atom stereocenters. The molecule has 2 N–H and O–H groups in total. The highest BCUT2D eigenvalue weighted by Crippen LogP contribution is 2.20. The van der Waals surface area contributed by atoms with Crippen LogP contribution in [0.5, 0.6) is 0 Å². The van der Waals surface area contributed by atoms with Crippen LogP contribution in [0.15, 0.2) is 36.5 Å². The van der Waals surface area contributed by atoms with Gasteiger partial charge in [-0.3, -0.25) is 0 Å². The number of carboxylic acid groups (broad SMARTS) is 1. The molecular weight excluding hydrogens is 232 g/mol. The number of fused-ring (bicyclic) bond motifs is 1. The number of carbonyl (C=O) groups is 1. The van der Waals surface area contributed by atoms with Gasteiger partial charge in [-0.05, 0) is 11.5 Å². The summed E-state index contributed by atoms with van der Waals surface area (Å²) in [5.74, 6) is -0.332. The number of carboxylic acids is 1. The fourth-order valence-corrected chi connectivity index (χ4v) is 1.72. The number of nitrogens with one attached hydrogen (secondary N) is 1. The molecule has 94 valence electrons. The Morgan fingerprint density at radius 3 is 2.94 bits per heavy atom. The first-order chi connectivity index (χ1) is 8.72. The lowest BCUT2D eigenvalue weighted by atomic mass is 10.1. The summed E-state index contributed by atoms with van der Waals surface area (Å²) < 4.78 is 4.86. The second-order valence-corrected chi connectivity index (χ2v) is 3.82. The fourth-order valence-electron chi connectivity index (χ4n) is 1.72. The number of aromatic nitrogens is 1. The van der Waals surface area contributed by atoms with E-state index in [2.05, 4.69) is 10.3 Å². The van der Waals surface area contributed by atoms with Gasteiger partial charge in [0.15, 0.2) is 6.10 Å². The third kappa shape index (κ3) is 2.57. The van der Waals surface area contributed by atoms with E-state index in [0.29, 0.717) is 5.82 Å². The molecule has 1 aromatic carbocycles. The van der Waals surface area contributed by atoms with Crippen LogP contribution in [0.2, 0.25) is 0 Å². The highest BCUT2D eigenvalue weighted by molar-refractivity contribution is 5.91. The minimum absolute atomic E-state index is 0.173. The van der Waals surface area contributed by atoms with Gasteiger partial charge in [0.05, 0.1) is 6.54 Å². The topological polar surface area (TPSA) is 71.5 Å². The van der Waals surface area contributed by atoms with E-state index in [1.54, 1.807) is 6.20 Å². The summed E-state index contributed by atoms with van der Waals surface area (Å²) in [4.78, 5) is 15.0.